The van der Waals surface area contributed by atoms with Crippen LogP contribution >= 0.6 is 0 Å². The van der Waals surface area contributed by atoms with Gasteiger partial charge in [0.05, 0.1) is 16.8 Å². The van der Waals surface area contributed by atoms with E-state index in [1.54, 1.807) is 32.0 Å². The van der Waals surface area contributed by atoms with Gasteiger partial charge in [0, 0.05) is 7.05 Å². The van der Waals surface area contributed by atoms with Gasteiger partial charge in [0.2, 0.25) is 0 Å². The molecule has 0 atom stereocenters. The minimum Gasteiger partial charge on any atom is -0.478 e. The number of carbonyl (C=O) groups excluding carboxylic acids is 1. The fraction of sp³-hybridized carbons (Fsp3) is 0.286. The minimum absolute atomic E-state index is 0.0543. The zero-order valence-electron chi connectivity index (χ0n) is 11.1. The van der Waals surface area contributed by atoms with Crippen LogP contribution in [0, 0.1) is 12.3 Å². The van der Waals surface area contributed by atoms with Gasteiger partial charge in [-0.25, -0.2) is 9.59 Å². The summed E-state index contributed by atoms with van der Waals surface area (Å²) in [6.07, 6.45) is 5.29. The normalized spacial score (nSPS) is 10.4. The van der Waals surface area contributed by atoms with Gasteiger partial charge in [0.25, 0.3) is 0 Å². The molecule has 0 aliphatic heterocycles. The molecule has 0 spiro atoms. The van der Waals surface area contributed by atoms with Gasteiger partial charge in [-0.05, 0) is 26.0 Å². The maximum Gasteiger partial charge on any atom is 0.337 e. The van der Waals surface area contributed by atoms with Gasteiger partial charge in [-0.1, -0.05) is 18.1 Å². The highest BCUT2D eigenvalue weighted by Crippen LogP contribution is 2.19. The number of aromatic carboxylic acids is 1. The molecule has 1 aromatic rings. The second kappa shape index (κ2) is 5.44. The fourth-order valence-corrected chi connectivity index (χ4v) is 1.44. The van der Waals surface area contributed by atoms with E-state index in [4.69, 9.17) is 11.5 Å². The molecule has 0 aliphatic carbocycles. The highest BCUT2D eigenvalue weighted by molar-refractivity contribution is 6.01. The molecule has 0 saturated heterocycles. The Morgan fingerprint density at radius 2 is 1.95 bits per heavy atom. The predicted octanol–water partition coefficient (Wildman–Crippen LogP) is 1.94. The molecule has 5 heteroatoms. The Labute approximate surface area is 112 Å². The van der Waals surface area contributed by atoms with Crippen molar-refractivity contribution >= 4 is 17.7 Å². The number of nitrogens with one attached hydrogen (secondary N) is 1. The van der Waals surface area contributed by atoms with Gasteiger partial charge < -0.3 is 10.4 Å². The van der Waals surface area contributed by atoms with Crippen LogP contribution in [0.2, 0.25) is 0 Å². The lowest BCUT2D eigenvalue weighted by molar-refractivity contribution is 0.0697. The third kappa shape index (κ3) is 3.49. The van der Waals surface area contributed by atoms with Crippen LogP contribution in [0.5, 0.6) is 0 Å². The van der Waals surface area contributed by atoms with Crippen LogP contribution in [-0.2, 0) is 0 Å². The number of benzene rings is 1. The Morgan fingerprint density at radius 3 is 2.47 bits per heavy atom. The molecule has 1 aromatic carbocycles. The predicted molar refractivity (Wildman–Crippen MR) is 73.2 cm³/mol. The van der Waals surface area contributed by atoms with Crippen molar-refractivity contribution in [2.45, 2.75) is 19.4 Å². The molecule has 0 radical (unpaired) electrons. The van der Waals surface area contributed by atoms with Gasteiger partial charge in [-0.2, -0.15) is 0 Å². The van der Waals surface area contributed by atoms with E-state index in [2.05, 4.69) is 11.2 Å². The minimum atomic E-state index is -1.09. The molecule has 0 bridgehead atoms. The maximum absolute atomic E-state index is 12.0. The first kappa shape index (κ1) is 14.6. The van der Waals surface area contributed by atoms with Gasteiger partial charge in [0.1, 0.15) is 0 Å². The van der Waals surface area contributed by atoms with Gasteiger partial charge in [0.15, 0.2) is 0 Å². The van der Waals surface area contributed by atoms with E-state index in [9.17, 15) is 9.59 Å². The Hall–Kier alpha value is -2.48. The first-order chi connectivity index (χ1) is 8.78. The molecule has 0 unspecified atom stereocenters. The Bertz CT molecular complexity index is 544. The van der Waals surface area contributed by atoms with Crippen molar-refractivity contribution in [2.75, 3.05) is 11.9 Å². The molecule has 0 saturated carbocycles. The van der Waals surface area contributed by atoms with E-state index in [0.29, 0.717) is 5.69 Å². The number of anilines is 1. The molecule has 19 heavy (non-hydrogen) atoms. The number of amides is 2. The van der Waals surface area contributed by atoms with Crippen LogP contribution in [0.4, 0.5) is 10.5 Å². The van der Waals surface area contributed by atoms with Crippen molar-refractivity contribution in [3.8, 4) is 12.3 Å². The van der Waals surface area contributed by atoms with Crippen molar-refractivity contribution < 1.29 is 14.7 Å². The fourth-order valence-electron chi connectivity index (χ4n) is 1.44. The summed E-state index contributed by atoms with van der Waals surface area (Å²) >= 11 is 0. The summed E-state index contributed by atoms with van der Waals surface area (Å²) in [5, 5.41) is 11.7. The van der Waals surface area contributed by atoms with E-state index in [-0.39, 0.29) is 5.56 Å². The van der Waals surface area contributed by atoms with E-state index in [0.717, 1.165) is 0 Å². The Kier molecular flexibility index (Phi) is 4.18. The van der Waals surface area contributed by atoms with E-state index >= 15 is 0 Å². The summed E-state index contributed by atoms with van der Waals surface area (Å²) in [7, 11) is 1.49. The number of carboxylic acids is 1. The number of carbonyl (C=O) groups is 2. The lowest BCUT2D eigenvalue weighted by atomic mass is 10.1. The monoisotopic (exact) mass is 260 g/mol. The topological polar surface area (TPSA) is 69.6 Å². The SMILES string of the molecule is C#CC(C)(C)NC(=O)N(C)c1ccccc1C(=O)O. The van der Waals surface area contributed by atoms with E-state index in [1.165, 1.54) is 18.0 Å². The lowest BCUT2D eigenvalue weighted by Crippen LogP contribution is -2.48. The largest absolute Gasteiger partial charge is 0.478 e. The van der Waals surface area contributed by atoms with Crippen LogP contribution in [-0.4, -0.2) is 29.7 Å². The van der Waals surface area contributed by atoms with Crippen molar-refractivity contribution in [2.24, 2.45) is 0 Å². The molecule has 0 fully saturated rings. The highest BCUT2D eigenvalue weighted by atomic mass is 16.4. The number of rotatable bonds is 3. The zero-order valence-corrected chi connectivity index (χ0v) is 11.1. The van der Waals surface area contributed by atoms with Gasteiger partial charge in [-0.15, -0.1) is 6.42 Å². The average molecular weight is 260 g/mol. The first-order valence-corrected chi connectivity index (χ1v) is 5.64. The number of para-hydroxylation sites is 1. The maximum atomic E-state index is 12.0. The first-order valence-electron chi connectivity index (χ1n) is 5.64. The molecule has 5 nitrogen and oxygen atoms in total. The highest BCUT2D eigenvalue weighted by Gasteiger charge is 2.22. The number of nitrogens with zero attached hydrogens (tertiary/aromatic N) is 1. The number of terminal acetylenes is 1. The lowest BCUT2D eigenvalue weighted by Gasteiger charge is -2.25. The summed E-state index contributed by atoms with van der Waals surface area (Å²) < 4.78 is 0. The molecular formula is C14H16N2O3. The van der Waals surface area contributed by atoms with Crippen LogP contribution in [0.15, 0.2) is 24.3 Å². The van der Waals surface area contributed by atoms with E-state index in [1.807, 2.05) is 0 Å². The molecule has 2 amide bonds. The second-order valence-electron chi connectivity index (χ2n) is 4.58. The number of carboxylic acid groups (broad SMARTS) is 1. The quantitative estimate of drug-likeness (QED) is 0.816. The van der Waals surface area contributed by atoms with Crippen LogP contribution in [0.3, 0.4) is 0 Å². The smallest absolute Gasteiger partial charge is 0.337 e. The Balaban J connectivity index is 3.02. The van der Waals surface area contributed by atoms with Crippen molar-refractivity contribution in [1.82, 2.24) is 5.32 Å². The summed E-state index contributed by atoms with van der Waals surface area (Å²) in [6, 6.07) is 5.80. The second-order valence-corrected chi connectivity index (χ2v) is 4.58. The average Bonchev–Trinajstić information content (AvgIpc) is 2.37. The molecule has 0 aromatic heterocycles. The zero-order chi connectivity index (χ0) is 14.6. The summed E-state index contributed by atoms with van der Waals surface area (Å²) in [6.45, 7) is 3.36. The molecular weight excluding hydrogens is 244 g/mol. The third-order valence-electron chi connectivity index (χ3n) is 2.58. The standard InChI is InChI=1S/C14H16N2O3/c1-5-14(2,3)15-13(19)16(4)11-9-7-6-8-10(11)12(17)18/h1,6-9H,2-4H3,(H,15,19)(H,17,18). The van der Waals surface area contributed by atoms with Crippen molar-refractivity contribution in [3.63, 3.8) is 0 Å². The van der Waals surface area contributed by atoms with Crippen LogP contribution in [0.1, 0.15) is 24.2 Å². The van der Waals surface area contributed by atoms with Crippen molar-refractivity contribution in [3.05, 3.63) is 29.8 Å². The summed E-state index contributed by atoms with van der Waals surface area (Å²) in [4.78, 5) is 24.3. The van der Waals surface area contributed by atoms with Crippen molar-refractivity contribution in [1.29, 1.82) is 0 Å². The third-order valence-corrected chi connectivity index (χ3v) is 2.58. The van der Waals surface area contributed by atoms with Gasteiger partial charge in [-0.3, -0.25) is 4.90 Å². The molecule has 1 rings (SSSR count). The van der Waals surface area contributed by atoms with Crippen LogP contribution in [0.25, 0.3) is 0 Å². The number of urea groups is 1. The molecule has 2 N–H and O–H groups in total. The summed E-state index contributed by atoms with van der Waals surface area (Å²) in [5.41, 5.74) is -0.442. The molecule has 0 aliphatic rings. The number of hydrogen-bond donors (Lipinski definition) is 2. The molecule has 0 heterocycles. The van der Waals surface area contributed by atoms with E-state index < -0.39 is 17.5 Å². The Morgan fingerprint density at radius 1 is 1.37 bits per heavy atom. The number of hydrogen-bond acceptors (Lipinski definition) is 2. The summed E-state index contributed by atoms with van der Waals surface area (Å²) in [5.74, 6) is 1.35. The molecule has 100 valence electrons. The van der Waals surface area contributed by atoms with Gasteiger partial charge >= 0.3 is 12.0 Å². The van der Waals surface area contributed by atoms with Crippen LogP contribution < -0.4 is 10.2 Å².